The van der Waals surface area contributed by atoms with E-state index in [1.54, 1.807) is 6.39 Å². The third kappa shape index (κ3) is 3.07. The molecule has 2 heterocycles. The fraction of sp³-hybridized carbons (Fsp3) is 0.769. The Morgan fingerprint density at radius 1 is 1.47 bits per heavy atom. The molecule has 1 aromatic heterocycles. The number of aromatic nitrogens is 1. The van der Waals surface area contributed by atoms with Crippen molar-refractivity contribution in [2.75, 3.05) is 6.61 Å². The van der Waals surface area contributed by atoms with Crippen LogP contribution in [0.1, 0.15) is 51.5 Å². The van der Waals surface area contributed by atoms with Gasteiger partial charge < -0.3 is 14.5 Å². The van der Waals surface area contributed by atoms with Gasteiger partial charge in [-0.25, -0.2) is 4.98 Å². The van der Waals surface area contributed by atoms with Crippen molar-refractivity contribution in [3.63, 3.8) is 0 Å². The van der Waals surface area contributed by atoms with Gasteiger partial charge in [-0.15, -0.1) is 0 Å². The van der Waals surface area contributed by atoms with Crippen molar-refractivity contribution in [2.24, 2.45) is 0 Å². The normalized spacial score (nSPS) is 25.4. The Labute approximate surface area is 103 Å². The molecular weight excluding hydrogens is 216 g/mol. The second kappa shape index (κ2) is 4.78. The van der Waals surface area contributed by atoms with Gasteiger partial charge in [-0.3, -0.25) is 0 Å². The molecule has 1 aliphatic rings. The molecule has 96 valence electrons. The summed E-state index contributed by atoms with van der Waals surface area (Å²) in [5.74, 6) is 1.35. The second-order valence-electron chi connectivity index (χ2n) is 5.74. The van der Waals surface area contributed by atoms with Gasteiger partial charge in [0.25, 0.3) is 0 Å². The summed E-state index contributed by atoms with van der Waals surface area (Å²) in [6.07, 6.45) is 2.80. The second-order valence-corrected chi connectivity index (χ2v) is 5.74. The van der Waals surface area contributed by atoms with Crippen molar-refractivity contribution in [3.8, 4) is 0 Å². The molecule has 2 unspecified atom stereocenters. The average molecular weight is 238 g/mol. The lowest BCUT2D eigenvalue weighted by atomic mass is 9.98. The van der Waals surface area contributed by atoms with Crippen molar-refractivity contribution < 1.29 is 9.15 Å². The molecule has 1 N–H and O–H groups in total. The van der Waals surface area contributed by atoms with Crippen LogP contribution < -0.4 is 5.32 Å². The number of oxazole rings is 1. The topological polar surface area (TPSA) is 47.3 Å². The minimum absolute atomic E-state index is 0.0913. The SMILES string of the molecule is CC1OCCC1c1ocnc1CNC(C)(C)C. The monoisotopic (exact) mass is 238 g/mol. The Morgan fingerprint density at radius 3 is 2.82 bits per heavy atom. The first-order valence-electron chi connectivity index (χ1n) is 6.26. The molecule has 1 fully saturated rings. The van der Waals surface area contributed by atoms with Crippen LogP contribution in [0.15, 0.2) is 10.8 Å². The Kier molecular flexibility index (Phi) is 3.54. The summed E-state index contributed by atoms with van der Waals surface area (Å²) in [4.78, 5) is 4.31. The van der Waals surface area contributed by atoms with Crippen LogP contribution in [0.25, 0.3) is 0 Å². The standard InChI is InChI=1S/C13H22N2O2/c1-9-10(5-6-16-9)12-11(14-8-17-12)7-15-13(2,3)4/h8-10,15H,5-7H2,1-4H3. The molecule has 0 aliphatic carbocycles. The first-order chi connectivity index (χ1) is 7.97. The largest absolute Gasteiger partial charge is 0.448 e. The molecule has 4 heteroatoms. The van der Waals surface area contributed by atoms with Crippen LogP contribution in [0, 0.1) is 0 Å². The Hall–Kier alpha value is -0.870. The van der Waals surface area contributed by atoms with Crippen LogP contribution in [-0.2, 0) is 11.3 Å². The molecule has 0 radical (unpaired) electrons. The van der Waals surface area contributed by atoms with Gasteiger partial charge in [0.05, 0.1) is 11.8 Å². The van der Waals surface area contributed by atoms with Crippen molar-refractivity contribution in [1.82, 2.24) is 10.3 Å². The summed E-state index contributed by atoms with van der Waals surface area (Å²) in [5.41, 5.74) is 1.11. The average Bonchev–Trinajstić information content (AvgIpc) is 2.81. The summed E-state index contributed by atoms with van der Waals surface area (Å²) < 4.78 is 11.1. The first-order valence-corrected chi connectivity index (χ1v) is 6.26. The smallest absolute Gasteiger partial charge is 0.181 e. The van der Waals surface area contributed by atoms with E-state index in [4.69, 9.17) is 9.15 Å². The van der Waals surface area contributed by atoms with E-state index in [1.165, 1.54) is 0 Å². The third-order valence-corrected chi connectivity index (χ3v) is 3.17. The van der Waals surface area contributed by atoms with E-state index in [9.17, 15) is 0 Å². The molecule has 17 heavy (non-hydrogen) atoms. The summed E-state index contributed by atoms with van der Waals surface area (Å²) in [5, 5.41) is 3.44. The maximum Gasteiger partial charge on any atom is 0.181 e. The molecule has 0 saturated carbocycles. The Balaban J connectivity index is 2.06. The number of ether oxygens (including phenoxy) is 1. The lowest BCUT2D eigenvalue weighted by Gasteiger charge is -2.20. The maximum absolute atomic E-state index is 5.58. The summed E-state index contributed by atoms with van der Waals surface area (Å²) >= 11 is 0. The van der Waals surface area contributed by atoms with E-state index in [2.05, 4.69) is 38.0 Å². The molecule has 0 amide bonds. The van der Waals surface area contributed by atoms with Crippen LogP contribution in [0.5, 0.6) is 0 Å². The molecule has 0 spiro atoms. The van der Waals surface area contributed by atoms with E-state index < -0.39 is 0 Å². The van der Waals surface area contributed by atoms with Gasteiger partial charge in [-0.05, 0) is 34.1 Å². The molecule has 0 bridgehead atoms. The van der Waals surface area contributed by atoms with E-state index in [-0.39, 0.29) is 11.6 Å². The summed E-state index contributed by atoms with van der Waals surface area (Å²) in [6.45, 7) is 10.1. The van der Waals surface area contributed by atoms with Crippen molar-refractivity contribution in [3.05, 3.63) is 17.8 Å². The van der Waals surface area contributed by atoms with Gasteiger partial charge in [0.1, 0.15) is 5.76 Å². The predicted octanol–water partition coefficient (Wildman–Crippen LogP) is 2.46. The quantitative estimate of drug-likeness (QED) is 0.878. The number of nitrogens with one attached hydrogen (secondary N) is 1. The molecule has 1 aliphatic heterocycles. The Morgan fingerprint density at radius 2 is 2.24 bits per heavy atom. The molecule has 2 rings (SSSR count). The fourth-order valence-electron chi connectivity index (χ4n) is 2.14. The van der Waals surface area contributed by atoms with Crippen LogP contribution >= 0.6 is 0 Å². The molecule has 4 nitrogen and oxygen atoms in total. The molecule has 1 aromatic rings. The summed E-state index contributed by atoms with van der Waals surface area (Å²) in [7, 11) is 0. The number of hydrogen-bond donors (Lipinski definition) is 1. The highest BCUT2D eigenvalue weighted by Crippen LogP contribution is 2.32. The highest BCUT2D eigenvalue weighted by molar-refractivity contribution is 5.15. The van der Waals surface area contributed by atoms with Crippen LogP contribution in [0.3, 0.4) is 0 Å². The minimum atomic E-state index is 0.0913. The molecular formula is C13H22N2O2. The Bertz CT molecular complexity index is 368. The lowest BCUT2D eigenvalue weighted by Crippen LogP contribution is -2.35. The summed E-state index contributed by atoms with van der Waals surface area (Å²) in [6, 6.07) is 0. The van der Waals surface area contributed by atoms with E-state index in [0.29, 0.717) is 5.92 Å². The van der Waals surface area contributed by atoms with Crippen LogP contribution in [0.2, 0.25) is 0 Å². The van der Waals surface area contributed by atoms with E-state index >= 15 is 0 Å². The maximum atomic E-state index is 5.58. The number of hydrogen-bond acceptors (Lipinski definition) is 4. The van der Waals surface area contributed by atoms with Crippen LogP contribution in [0.4, 0.5) is 0 Å². The zero-order valence-electron chi connectivity index (χ0n) is 11.1. The van der Waals surface area contributed by atoms with Crippen molar-refractivity contribution >= 4 is 0 Å². The van der Waals surface area contributed by atoms with Gasteiger partial charge >= 0.3 is 0 Å². The zero-order valence-corrected chi connectivity index (χ0v) is 11.1. The number of rotatable bonds is 3. The van der Waals surface area contributed by atoms with Gasteiger partial charge in [-0.2, -0.15) is 0 Å². The first kappa shape index (κ1) is 12.6. The zero-order chi connectivity index (χ0) is 12.5. The highest BCUT2D eigenvalue weighted by atomic mass is 16.5. The molecule has 0 aromatic carbocycles. The molecule has 1 saturated heterocycles. The molecule has 2 atom stereocenters. The van der Waals surface area contributed by atoms with E-state index in [1.807, 2.05) is 0 Å². The van der Waals surface area contributed by atoms with Gasteiger partial charge in [0.2, 0.25) is 0 Å². The van der Waals surface area contributed by atoms with E-state index in [0.717, 1.165) is 31.0 Å². The minimum Gasteiger partial charge on any atom is -0.448 e. The van der Waals surface area contributed by atoms with Crippen molar-refractivity contribution in [1.29, 1.82) is 0 Å². The fourth-order valence-corrected chi connectivity index (χ4v) is 2.14. The highest BCUT2D eigenvalue weighted by Gasteiger charge is 2.31. The van der Waals surface area contributed by atoms with Gasteiger partial charge in [0.15, 0.2) is 6.39 Å². The van der Waals surface area contributed by atoms with Crippen molar-refractivity contribution in [2.45, 2.75) is 58.2 Å². The van der Waals surface area contributed by atoms with Gasteiger partial charge in [-0.1, -0.05) is 0 Å². The van der Waals surface area contributed by atoms with Gasteiger partial charge in [0, 0.05) is 24.6 Å². The lowest BCUT2D eigenvalue weighted by molar-refractivity contribution is 0.115. The number of nitrogens with zero attached hydrogens (tertiary/aromatic N) is 1. The predicted molar refractivity (Wildman–Crippen MR) is 65.9 cm³/mol. The third-order valence-electron chi connectivity index (χ3n) is 3.17. The van der Waals surface area contributed by atoms with Crippen LogP contribution in [-0.4, -0.2) is 23.2 Å².